The van der Waals surface area contributed by atoms with Gasteiger partial charge >= 0.3 is 6.01 Å². The number of hydrogen-bond donors (Lipinski definition) is 1. The SMILES string of the molecule is CCNCc1cnc(Oc2cccc(I)c2)nc1. The number of ether oxygens (including phenoxy) is 1. The van der Waals surface area contributed by atoms with Crippen LogP contribution in [0.4, 0.5) is 0 Å². The van der Waals surface area contributed by atoms with Gasteiger partial charge in [0.2, 0.25) is 0 Å². The third kappa shape index (κ3) is 3.92. The van der Waals surface area contributed by atoms with E-state index in [1.807, 2.05) is 24.3 Å². The van der Waals surface area contributed by atoms with Crippen LogP contribution in [0.5, 0.6) is 11.8 Å². The zero-order valence-corrected chi connectivity index (χ0v) is 12.2. The minimum absolute atomic E-state index is 0.372. The van der Waals surface area contributed by atoms with E-state index in [2.05, 4.69) is 44.8 Å². The standard InChI is InChI=1S/C13H14IN3O/c1-2-15-7-10-8-16-13(17-9-10)18-12-5-3-4-11(14)6-12/h3-6,8-9,15H,2,7H2,1H3. The van der Waals surface area contributed by atoms with E-state index in [1.165, 1.54) is 0 Å². The van der Waals surface area contributed by atoms with Gasteiger partial charge in [-0.3, -0.25) is 0 Å². The molecule has 1 aromatic heterocycles. The molecule has 1 N–H and O–H groups in total. The summed E-state index contributed by atoms with van der Waals surface area (Å²) in [5, 5.41) is 3.22. The van der Waals surface area contributed by atoms with Crippen molar-refractivity contribution in [3.05, 3.63) is 45.8 Å². The molecule has 1 heterocycles. The van der Waals surface area contributed by atoms with Gasteiger partial charge in [-0.15, -0.1) is 0 Å². The van der Waals surface area contributed by atoms with Crippen LogP contribution < -0.4 is 10.1 Å². The minimum Gasteiger partial charge on any atom is -0.424 e. The molecule has 2 rings (SSSR count). The summed E-state index contributed by atoms with van der Waals surface area (Å²) in [5.74, 6) is 0.751. The summed E-state index contributed by atoms with van der Waals surface area (Å²) in [7, 11) is 0. The number of hydrogen-bond acceptors (Lipinski definition) is 4. The molecule has 0 amide bonds. The molecule has 0 saturated heterocycles. The van der Waals surface area contributed by atoms with E-state index in [0.29, 0.717) is 6.01 Å². The molecule has 0 aliphatic carbocycles. The molecule has 2 aromatic rings. The highest BCUT2D eigenvalue weighted by Gasteiger charge is 2.01. The fraction of sp³-hybridized carbons (Fsp3) is 0.231. The molecule has 0 aliphatic heterocycles. The maximum atomic E-state index is 5.57. The molecular weight excluding hydrogens is 341 g/mol. The number of benzene rings is 1. The first-order chi connectivity index (χ1) is 8.78. The molecule has 0 fully saturated rings. The van der Waals surface area contributed by atoms with Gasteiger partial charge in [0.25, 0.3) is 0 Å². The second-order valence-electron chi connectivity index (χ2n) is 3.71. The van der Waals surface area contributed by atoms with Crippen molar-refractivity contribution in [3.63, 3.8) is 0 Å². The molecule has 1 aromatic carbocycles. The van der Waals surface area contributed by atoms with Gasteiger partial charge in [-0.1, -0.05) is 13.0 Å². The Balaban J connectivity index is 2.02. The van der Waals surface area contributed by atoms with Crippen molar-refractivity contribution in [2.75, 3.05) is 6.54 Å². The van der Waals surface area contributed by atoms with Gasteiger partial charge in [-0.2, -0.15) is 0 Å². The van der Waals surface area contributed by atoms with E-state index in [-0.39, 0.29) is 0 Å². The normalized spacial score (nSPS) is 10.3. The molecule has 5 heteroatoms. The number of aromatic nitrogens is 2. The number of nitrogens with zero attached hydrogens (tertiary/aromatic N) is 2. The van der Waals surface area contributed by atoms with Crippen molar-refractivity contribution in [1.29, 1.82) is 0 Å². The molecule has 18 heavy (non-hydrogen) atoms. The summed E-state index contributed by atoms with van der Waals surface area (Å²) in [6, 6.07) is 8.15. The van der Waals surface area contributed by atoms with E-state index < -0.39 is 0 Å². The average Bonchev–Trinajstić information content (AvgIpc) is 2.38. The lowest BCUT2D eigenvalue weighted by molar-refractivity contribution is 0.440. The summed E-state index contributed by atoms with van der Waals surface area (Å²) >= 11 is 2.24. The fourth-order valence-electron chi connectivity index (χ4n) is 1.39. The Morgan fingerprint density at radius 3 is 2.72 bits per heavy atom. The second kappa shape index (κ2) is 6.65. The number of halogens is 1. The van der Waals surface area contributed by atoms with Crippen LogP contribution in [0.2, 0.25) is 0 Å². The van der Waals surface area contributed by atoms with Crippen molar-refractivity contribution in [2.45, 2.75) is 13.5 Å². The molecule has 0 saturated carbocycles. The van der Waals surface area contributed by atoms with Crippen LogP contribution >= 0.6 is 22.6 Å². The van der Waals surface area contributed by atoms with E-state index >= 15 is 0 Å². The Kier molecular flexibility index (Phi) is 4.89. The van der Waals surface area contributed by atoms with Crippen LogP contribution in [0.3, 0.4) is 0 Å². The van der Waals surface area contributed by atoms with Gasteiger partial charge in [0.15, 0.2) is 0 Å². The second-order valence-corrected chi connectivity index (χ2v) is 4.96. The summed E-state index contributed by atoms with van der Waals surface area (Å²) < 4.78 is 6.69. The van der Waals surface area contributed by atoms with Crippen molar-refractivity contribution < 1.29 is 4.74 Å². The summed E-state index contributed by atoms with van der Waals surface area (Å²) in [6.07, 6.45) is 3.55. The quantitative estimate of drug-likeness (QED) is 0.838. The lowest BCUT2D eigenvalue weighted by Crippen LogP contribution is -2.12. The van der Waals surface area contributed by atoms with Gasteiger partial charge in [-0.25, -0.2) is 9.97 Å². The molecule has 0 spiro atoms. The first-order valence-corrected chi connectivity index (χ1v) is 6.81. The molecule has 4 nitrogen and oxygen atoms in total. The summed E-state index contributed by atoms with van der Waals surface area (Å²) in [6.45, 7) is 3.77. The van der Waals surface area contributed by atoms with E-state index in [0.717, 1.165) is 28.0 Å². The monoisotopic (exact) mass is 355 g/mol. The van der Waals surface area contributed by atoms with Crippen molar-refractivity contribution in [2.24, 2.45) is 0 Å². The Morgan fingerprint density at radius 2 is 2.06 bits per heavy atom. The van der Waals surface area contributed by atoms with E-state index in [9.17, 15) is 0 Å². The molecular formula is C13H14IN3O. The van der Waals surface area contributed by atoms with Gasteiger partial charge in [0, 0.05) is 28.1 Å². The van der Waals surface area contributed by atoms with Crippen molar-refractivity contribution >= 4 is 22.6 Å². The maximum Gasteiger partial charge on any atom is 0.321 e. The number of rotatable bonds is 5. The zero-order valence-electron chi connectivity index (χ0n) is 10.1. The van der Waals surface area contributed by atoms with Crippen LogP contribution in [0, 0.1) is 3.57 Å². The van der Waals surface area contributed by atoms with Gasteiger partial charge in [0.1, 0.15) is 5.75 Å². The molecule has 94 valence electrons. The van der Waals surface area contributed by atoms with Crippen LogP contribution in [0.15, 0.2) is 36.7 Å². The Bertz CT molecular complexity index is 502. The lowest BCUT2D eigenvalue weighted by atomic mass is 10.3. The Morgan fingerprint density at radius 1 is 1.28 bits per heavy atom. The minimum atomic E-state index is 0.372. The molecule has 0 bridgehead atoms. The van der Waals surface area contributed by atoms with Gasteiger partial charge in [0.05, 0.1) is 0 Å². The highest BCUT2D eigenvalue weighted by molar-refractivity contribution is 14.1. The van der Waals surface area contributed by atoms with Crippen molar-refractivity contribution in [3.8, 4) is 11.8 Å². The lowest BCUT2D eigenvalue weighted by Gasteiger charge is -2.05. The summed E-state index contributed by atoms with van der Waals surface area (Å²) in [5.41, 5.74) is 1.05. The van der Waals surface area contributed by atoms with E-state index in [1.54, 1.807) is 12.4 Å². The first kappa shape index (κ1) is 13.2. The largest absolute Gasteiger partial charge is 0.424 e. The van der Waals surface area contributed by atoms with Crippen LogP contribution in [-0.4, -0.2) is 16.5 Å². The first-order valence-electron chi connectivity index (χ1n) is 5.73. The van der Waals surface area contributed by atoms with Crippen molar-refractivity contribution in [1.82, 2.24) is 15.3 Å². The Hall–Kier alpha value is -1.21. The third-order valence-corrected chi connectivity index (χ3v) is 2.94. The fourth-order valence-corrected chi connectivity index (χ4v) is 1.91. The smallest absolute Gasteiger partial charge is 0.321 e. The van der Waals surface area contributed by atoms with Gasteiger partial charge in [-0.05, 0) is 47.3 Å². The highest BCUT2D eigenvalue weighted by atomic mass is 127. The Labute approximate surface area is 120 Å². The van der Waals surface area contributed by atoms with Gasteiger partial charge < -0.3 is 10.1 Å². The van der Waals surface area contributed by atoms with E-state index in [4.69, 9.17) is 4.74 Å². The molecule has 0 atom stereocenters. The molecule has 0 aliphatic rings. The highest BCUT2D eigenvalue weighted by Crippen LogP contribution is 2.19. The predicted octanol–water partition coefficient (Wildman–Crippen LogP) is 2.98. The summed E-state index contributed by atoms with van der Waals surface area (Å²) in [4.78, 5) is 8.36. The molecule has 0 radical (unpaired) electrons. The predicted molar refractivity (Wildman–Crippen MR) is 78.6 cm³/mol. The maximum absolute atomic E-state index is 5.57. The van der Waals surface area contributed by atoms with Crippen LogP contribution in [0.1, 0.15) is 12.5 Å². The number of nitrogens with one attached hydrogen (secondary N) is 1. The zero-order chi connectivity index (χ0) is 12.8. The molecule has 0 unspecified atom stereocenters. The third-order valence-electron chi connectivity index (χ3n) is 2.27. The average molecular weight is 355 g/mol. The topological polar surface area (TPSA) is 47.0 Å². The van der Waals surface area contributed by atoms with Crippen LogP contribution in [0.25, 0.3) is 0 Å². The van der Waals surface area contributed by atoms with Crippen LogP contribution in [-0.2, 0) is 6.54 Å².